The van der Waals surface area contributed by atoms with Crippen LogP contribution < -0.4 is 0 Å². The van der Waals surface area contributed by atoms with E-state index >= 15 is 0 Å². The van der Waals surface area contributed by atoms with Crippen LogP contribution in [0.2, 0.25) is 0 Å². The largest absolute Gasteiger partial charge is 0.269 e. The van der Waals surface area contributed by atoms with E-state index in [9.17, 15) is 10.1 Å². The summed E-state index contributed by atoms with van der Waals surface area (Å²) in [4.78, 5) is 12.3. The summed E-state index contributed by atoms with van der Waals surface area (Å²) in [6, 6.07) is 5.99. The van der Waals surface area contributed by atoms with Gasteiger partial charge in [0, 0.05) is 33.6 Å². The number of nitro groups is 1. The zero-order valence-electron chi connectivity index (χ0n) is 6.95. The molecule has 0 bridgehead atoms. The summed E-state index contributed by atoms with van der Waals surface area (Å²) in [6.07, 6.45) is 0. The number of hydrogen-bond donors (Lipinski definition) is 0. The van der Waals surface area contributed by atoms with Crippen molar-refractivity contribution in [3.05, 3.63) is 39.9 Å². The van der Waals surface area contributed by atoms with Gasteiger partial charge in [0.2, 0.25) is 0 Å². The first kappa shape index (κ1) is 10.3. The van der Waals surface area contributed by atoms with Crippen molar-refractivity contribution in [1.82, 2.24) is 0 Å². The van der Waals surface area contributed by atoms with Gasteiger partial charge in [-0.05, 0) is 28.8 Å². The van der Waals surface area contributed by atoms with Crippen molar-refractivity contribution in [2.24, 2.45) is 0 Å². The van der Waals surface area contributed by atoms with E-state index in [4.69, 9.17) is 0 Å². The normalized spacial score (nSPS) is 7.79. The van der Waals surface area contributed by atoms with Crippen molar-refractivity contribution >= 4 is 21.6 Å². The van der Waals surface area contributed by atoms with Crippen LogP contribution in [-0.4, -0.2) is 4.92 Å². The molecule has 1 aromatic rings. The fraction of sp³-hybridized carbons (Fsp3) is 0. The molecule has 0 spiro atoms. The number of nitrogens with zero attached hydrogens (tertiary/aromatic N) is 1. The molecule has 3 nitrogen and oxygen atoms in total. The summed E-state index contributed by atoms with van der Waals surface area (Å²) in [6.45, 7) is 0. The van der Waals surface area contributed by atoms with Crippen molar-refractivity contribution in [3.63, 3.8) is 0 Å². The average Bonchev–Trinajstić information content (AvgIpc) is 2.19. The maximum absolute atomic E-state index is 10.3. The Balaban J connectivity index is 2.89. The van der Waals surface area contributed by atoms with Crippen LogP contribution >= 0.6 is 15.9 Å². The topological polar surface area (TPSA) is 43.1 Å². The number of hydrogen-bond acceptors (Lipinski definition) is 2. The molecule has 14 heavy (non-hydrogen) atoms. The third-order valence-corrected chi connectivity index (χ3v) is 1.59. The van der Waals surface area contributed by atoms with E-state index in [1.54, 1.807) is 12.1 Å². The van der Waals surface area contributed by atoms with Crippen molar-refractivity contribution in [2.75, 3.05) is 0 Å². The first-order valence-corrected chi connectivity index (χ1v) is 4.39. The van der Waals surface area contributed by atoms with Crippen LogP contribution in [0.5, 0.6) is 0 Å². The Morgan fingerprint density at radius 1 is 1.21 bits per heavy atom. The molecule has 0 amide bonds. The van der Waals surface area contributed by atoms with Gasteiger partial charge in [0.15, 0.2) is 0 Å². The highest BCUT2D eigenvalue weighted by molar-refractivity contribution is 9.12. The highest BCUT2D eigenvalue weighted by Gasteiger charge is 2.01. The smallest absolute Gasteiger partial charge is 0.258 e. The lowest BCUT2D eigenvalue weighted by Crippen LogP contribution is -1.86. The summed E-state index contributed by atoms with van der Waals surface area (Å²) in [5.41, 5.74) is 0.757. The number of halogens is 1. The molecule has 0 fully saturated rings. The number of nitro benzene ring substituents is 1. The average molecular weight is 250 g/mol. The lowest BCUT2D eigenvalue weighted by atomic mass is 10.2. The van der Waals surface area contributed by atoms with E-state index in [2.05, 4.69) is 38.5 Å². The van der Waals surface area contributed by atoms with Crippen molar-refractivity contribution in [1.29, 1.82) is 0 Å². The fourth-order valence-corrected chi connectivity index (χ4v) is 0.893. The van der Waals surface area contributed by atoms with Crippen molar-refractivity contribution in [3.8, 4) is 22.6 Å². The van der Waals surface area contributed by atoms with E-state index in [1.807, 2.05) is 0 Å². The van der Waals surface area contributed by atoms with Gasteiger partial charge in [-0.1, -0.05) is 5.92 Å². The summed E-state index contributed by atoms with van der Waals surface area (Å²) >= 11 is 2.90. The molecule has 1 aromatic carbocycles. The van der Waals surface area contributed by atoms with Gasteiger partial charge in [0.05, 0.1) is 4.92 Å². The van der Waals surface area contributed by atoms with Gasteiger partial charge in [-0.15, -0.1) is 0 Å². The van der Waals surface area contributed by atoms with Crippen LogP contribution in [0.4, 0.5) is 5.69 Å². The van der Waals surface area contributed by atoms with Crippen LogP contribution in [-0.2, 0) is 0 Å². The van der Waals surface area contributed by atoms with Crippen molar-refractivity contribution < 1.29 is 4.92 Å². The molecular weight excluding hydrogens is 246 g/mol. The lowest BCUT2D eigenvalue weighted by molar-refractivity contribution is -0.384. The van der Waals surface area contributed by atoms with E-state index < -0.39 is 4.92 Å². The molecule has 0 N–H and O–H groups in total. The first-order valence-electron chi connectivity index (χ1n) is 3.60. The highest BCUT2D eigenvalue weighted by atomic mass is 79.9. The lowest BCUT2D eigenvalue weighted by Gasteiger charge is -1.90. The minimum atomic E-state index is -0.449. The van der Waals surface area contributed by atoms with Crippen LogP contribution in [0.3, 0.4) is 0 Å². The molecule has 0 aromatic heterocycles. The van der Waals surface area contributed by atoms with Crippen LogP contribution in [0.15, 0.2) is 24.3 Å². The van der Waals surface area contributed by atoms with Gasteiger partial charge in [-0.2, -0.15) is 0 Å². The quantitative estimate of drug-likeness (QED) is 0.436. The van der Waals surface area contributed by atoms with E-state index in [0.29, 0.717) is 5.56 Å². The van der Waals surface area contributed by atoms with Crippen molar-refractivity contribution in [2.45, 2.75) is 0 Å². The molecule has 0 radical (unpaired) electrons. The Bertz CT molecular complexity index is 457. The van der Waals surface area contributed by atoms with Gasteiger partial charge < -0.3 is 0 Å². The van der Waals surface area contributed by atoms with Gasteiger partial charge in [0.1, 0.15) is 0 Å². The molecular formula is C10H4BrNO2. The van der Waals surface area contributed by atoms with Crippen LogP contribution in [0, 0.1) is 32.7 Å². The number of non-ortho nitro benzene ring substituents is 1. The monoisotopic (exact) mass is 249 g/mol. The Morgan fingerprint density at radius 3 is 2.36 bits per heavy atom. The summed E-state index contributed by atoms with van der Waals surface area (Å²) in [7, 11) is 0. The van der Waals surface area contributed by atoms with E-state index in [0.717, 1.165) is 0 Å². The SMILES string of the molecule is O=[N+]([O-])c1ccc(C#CC#CBr)cc1. The highest BCUT2D eigenvalue weighted by Crippen LogP contribution is 2.10. The molecule has 0 aliphatic rings. The summed E-state index contributed by atoms with van der Waals surface area (Å²) in [5, 5.41) is 10.3. The third kappa shape index (κ3) is 2.93. The molecule has 1 rings (SSSR count). The predicted octanol–water partition coefficient (Wildman–Crippen LogP) is 2.30. The molecule has 0 saturated heterocycles. The Morgan fingerprint density at radius 2 is 1.86 bits per heavy atom. The summed E-state index contributed by atoms with van der Waals surface area (Å²) < 4.78 is 0. The van der Waals surface area contributed by atoms with Gasteiger partial charge >= 0.3 is 0 Å². The molecule has 0 atom stereocenters. The number of rotatable bonds is 1. The molecule has 0 heterocycles. The minimum absolute atomic E-state index is 0.0575. The maximum atomic E-state index is 10.3. The van der Waals surface area contributed by atoms with Gasteiger partial charge in [-0.3, -0.25) is 10.1 Å². The molecule has 0 saturated carbocycles. The zero-order valence-corrected chi connectivity index (χ0v) is 8.54. The molecule has 0 aliphatic heterocycles. The van der Waals surface area contributed by atoms with E-state index in [1.165, 1.54) is 12.1 Å². The zero-order chi connectivity index (χ0) is 10.4. The molecule has 4 heteroatoms. The second kappa shape index (κ2) is 5.06. The molecule has 0 aliphatic carbocycles. The minimum Gasteiger partial charge on any atom is -0.258 e. The molecule has 0 unspecified atom stereocenters. The van der Waals surface area contributed by atoms with Crippen LogP contribution in [0.25, 0.3) is 0 Å². The van der Waals surface area contributed by atoms with Gasteiger partial charge in [0.25, 0.3) is 5.69 Å². The summed E-state index contributed by atoms with van der Waals surface area (Å²) in [5.74, 6) is 7.81. The van der Waals surface area contributed by atoms with Crippen LogP contribution in [0.1, 0.15) is 5.56 Å². The predicted molar refractivity (Wildman–Crippen MR) is 56.7 cm³/mol. The van der Waals surface area contributed by atoms with Gasteiger partial charge in [-0.25, -0.2) is 0 Å². The first-order chi connectivity index (χ1) is 6.74. The Labute approximate surface area is 89.4 Å². The second-order valence-electron chi connectivity index (χ2n) is 2.27. The maximum Gasteiger partial charge on any atom is 0.269 e. The Kier molecular flexibility index (Phi) is 3.72. The number of benzene rings is 1. The Hall–Kier alpha value is -1.78. The molecule has 68 valence electrons. The fourth-order valence-electron chi connectivity index (χ4n) is 0.794. The second-order valence-corrected chi connectivity index (χ2v) is 2.67. The van der Waals surface area contributed by atoms with E-state index in [-0.39, 0.29) is 5.69 Å². The standard InChI is InChI=1S/C10H4BrNO2/c11-8-2-1-3-9-4-6-10(7-5-9)12(13)14/h4-7H. The third-order valence-electron chi connectivity index (χ3n) is 1.39.